The molecule has 0 saturated heterocycles. The average Bonchev–Trinajstić information content (AvgIpc) is 3.58. The second kappa shape index (κ2) is 10.1. The van der Waals surface area contributed by atoms with Crippen LogP contribution < -0.4 is 20.1 Å². The Morgan fingerprint density at radius 1 is 0.800 bits per heavy atom. The van der Waals surface area contributed by atoms with Gasteiger partial charge in [0, 0.05) is 58.5 Å². The van der Waals surface area contributed by atoms with Crippen LogP contribution in [0.2, 0.25) is 0 Å². The third-order valence-corrected chi connectivity index (χ3v) is 7.39. The second-order valence-corrected chi connectivity index (χ2v) is 9.89. The first kappa shape index (κ1) is 23.5. The highest BCUT2D eigenvalue weighted by molar-refractivity contribution is 5.88. The Hall–Kier alpha value is -3.28. The summed E-state index contributed by atoms with van der Waals surface area (Å²) in [6, 6.07) is 9.09. The van der Waals surface area contributed by atoms with Gasteiger partial charge in [0.1, 0.15) is 11.5 Å². The predicted molar refractivity (Wildman–Crippen MR) is 143 cm³/mol. The van der Waals surface area contributed by atoms with Gasteiger partial charge in [-0.25, -0.2) is 9.97 Å². The number of benzene rings is 2. The minimum Gasteiger partial charge on any atom is -0.496 e. The minimum absolute atomic E-state index is 0.481. The zero-order chi connectivity index (χ0) is 24.4. The van der Waals surface area contributed by atoms with E-state index in [4.69, 9.17) is 9.47 Å². The number of hydrogen-bond acceptors (Lipinski definition) is 6. The molecule has 1 heterocycles. The number of rotatable bonds is 9. The highest BCUT2D eigenvalue weighted by Crippen LogP contribution is 2.48. The number of nitrogens with one attached hydrogen (secondary N) is 2. The SMILES string of the molecule is COc1c(C)c(-c2cnc(NC3CCCC3)nc2)c(OC)c(C)c1-c1ccc(NCC2CC2)cc1. The Kier molecular flexibility index (Phi) is 6.80. The molecule has 3 aromatic rings. The molecule has 2 N–H and O–H groups in total. The lowest BCUT2D eigenvalue weighted by molar-refractivity contribution is 0.401. The summed E-state index contributed by atoms with van der Waals surface area (Å²) in [7, 11) is 3.46. The first-order chi connectivity index (χ1) is 17.1. The second-order valence-electron chi connectivity index (χ2n) is 9.89. The van der Waals surface area contributed by atoms with Crippen LogP contribution in [0.15, 0.2) is 36.7 Å². The van der Waals surface area contributed by atoms with Crippen molar-refractivity contribution in [2.75, 3.05) is 31.4 Å². The van der Waals surface area contributed by atoms with Crippen LogP contribution in [-0.2, 0) is 0 Å². The maximum absolute atomic E-state index is 5.98. The molecule has 2 fully saturated rings. The standard InChI is InChI=1S/C29H36N4O2/c1-18-25(21-11-13-23(14-12-21)30-15-20-9-10-20)27(34-3)19(2)26(28(18)35-4)22-16-31-29(32-17-22)33-24-7-5-6-8-24/h11-14,16-17,20,24,30H,5-10,15H2,1-4H3,(H,31,32,33). The van der Waals surface area contributed by atoms with Gasteiger partial charge in [-0.05, 0) is 63.1 Å². The molecule has 35 heavy (non-hydrogen) atoms. The van der Waals surface area contributed by atoms with Crippen molar-refractivity contribution in [3.05, 3.63) is 47.8 Å². The normalized spacial score (nSPS) is 15.8. The summed E-state index contributed by atoms with van der Waals surface area (Å²) in [5.41, 5.74) is 7.26. The van der Waals surface area contributed by atoms with E-state index in [1.165, 1.54) is 38.5 Å². The lowest BCUT2D eigenvalue weighted by Gasteiger charge is -2.22. The largest absolute Gasteiger partial charge is 0.496 e. The van der Waals surface area contributed by atoms with E-state index in [1.54, 1.807) is 14.2 Å². The molecule has 0 spiro atoms. The third-order valence-electron chi connectivity index (χ3n) is 7.39. The molecular formula is C29H36N4O2. The van der Waals surface area contributed by atoms with E-state index in [1.807, 2.05) is 12.4 Å². The molecule has 2 aromatic carbocycles. The van der Waals surface area contributed by atoms with Crippen molar-refractivity contribution in [2.45, 2.75) is 58.4 Å². The van der Waals surface area contributed by atoms with E-state index in [-0.39, 0.29) is 0 Å². The van der Waals surface area contributed by atoms with Gasteiger partial charge in [0.05, 0.1) is 14.2 Å². The predicted octanol–water partition coefficient (Wildman–Crippen LogP) is 6.62. The summed E-state index contributed by atoms with van der Waals surface area (Å²) in [5.74, 6) is 3.21. The summed E-state index contributed by atoms with van der Waals surface area (Å²) in [5, 5.41) is 7.01. The van der Waals surface area contributed by atoms with Gasteiger partial charge >= 0.3 is 0 Å². The van der Waals surface area contributed by atoms with Gasteiger partial charge in [0.15, 0.2) is 0 Å². The molecular weight excluding hydrogens is 436 g/mol. The van der Waals surface area contributed by atoms with Crippen LogP contribution in [0, 0.1) is 19.8 Å². The van der Waals surface area contributed by atoms with Crippen molar-refractivity contribution in [3.63, 3.8) is 0 Å². The molecule has 2 saturated carbocycles. The number of hydrogen-bond donors (Lipinski definition) is 2. The fourth-order valence-electron chi connectivity index (χ4n) is 5.27. The van der Waals surface area contributed by atoms with E-state index >= 15 is 0 Å². The first-order valence-corrected chi connectivity index (χ1v) is 12.8. The van der Waals surface area contributed by atoms with Gasteiger partial charge in [-0.15, -0.1) is 0 Å². The van der Waals surface area contributed by atoms with E-state index in [0.717, 1.165) is 63.0 Å². The molecule has 1 aromatic heterocycles. The molecule has 0 bridgehead atoms. The van der Waals surface area contributed by atoms with Crippen molar-refractivity contribution < 1.29 is 9.47 Å². The number of anilines is 2. The van der Waals surface area contributed by atoms with Crippen molar-refractivity contribution in [1.82, 2.24) is 9.97 Å². The first-order valence-electron chi connectivity index (χ1n) is 12.8. The van der Waals surface area contributed by atoms with Crippen LogP contribution in [0.1, 0.15) is 49.7 Å². The maximum Gasteiger partial charge on any atom is 0.222 e. The van der Waals surface area contributed by atoms with Crippen molar-refractivity contribution >= 4 is 11.6 Å². The topological polar surface area (TPSA) is 68.3 Å². The highest BCUT2D eigenvalue weighted by Gasteiger charge is 2.24. The van der Waals surface area contributed by atoms with Crippen LogP contribution in [0.4, 0.5) is 11.6 Å². The fourth-order valence-corrected chi connectivity index (χ4v) is 5.27. The molecule has 6 nitrogen and oxygen atoms in total. The van der Waals surface area contributed by atoms with E-state index in [2.05, 4.69) is 58.7 Å². The van der Waals surface area contributed by atoms with E-state index in [9.17, 15) is 0 Å². The number of ether oxygens (including phenoxy) is 2. The summed E-state index contributed by atoms with van der Waals surface area (Å²) >= 11 is 0. The third kappa shape index (κ3) is 4.93. The summed E-state index contributed by atoms with van der Waals surface area (Å²) in [6.07, 6.45) is 11.4. The number of methoxy groups -OCH3 is 2. The average molecular weight is 473 g/mol. The minimum atomic E-state index is 0.481. The Morgan fingerprint density at radius 2 is 1.37 bits per heavy atom. The van der Waals surface area contributed by atoms with Gasteiger partial charge < -0.3 is 20.1 Å². The van der Waals surface area contributed by atoms with Crippen molar-refractivity contribution in [2.24, 2.45) is 5.92 Å². The van der Waals surface area contributed by atoms with Gasteiger partial charge in [0.2, 0.25) is 5.95 Å². The smallest absolute Gasteiger partial charge is 0.222 e. The van der Waals surface area contributed by atoms with Crippen LogP contribution >= 0.6 is 0 Å². The molecule has 0 unspecified atom stereocenters. The van der Waals surface area contributed by atoms with Gasteiger partial charge in [-0.1, -0.05) is 25.0 Å². The molecule has 2 aliphatic rings. The van der Waals surface area contributed by atoms with E-state index < -0.39 is 0 Å². The molecule has 184 valence electrons. The van der Waals surface area contributed by atoms with Crippen LogP contribution in [-0.4, -0.2) is 36.8 Å². The summed E-state index contributed by atoms with van der Waals surface area (Å²) in [4.78, 5) is 9.24. The number of nitrogens with zero attached hydrogens (tertiary/aromatic N) is 2. The van der Waals surface area contributed by atoms with E-state index in [0.29, 0.717) is 12.0 Å². The monoisotopic (exact) mass is 472 g/mol. The Balaban J connectivity index is 1.48. The van der Waals surface area contributed by atoms with Gasteiger partial charge in [-0.3, -0.25) is 0 Å². The molecule has 2 aliphatic carbocycles. The zero-order valence-corrected chi connectivity index (χ0v) is 21.3. The molecule has 6 heteroatoms. The van der Waals surface area contributed by atoms with Crippen LogP contribution in [0.5, 0.6) is 11.5 Å². The Morgan fingerprint density at radius 3 is 1.91 bits per heavy atom. The molecule has 0 aliphatic heterocycles. The molecule has 0 amide bonds. The molecule has 0 atom stereocenters. The summed E-state index contributed by atoms with van der Waals surface area (Å²) < 4.78 is 11.9. The van der Waals surface area contributed by atoms with Gasteiger partial charge in [-0.2, -0.15) is 0 Å². The Bertz CT molecular complexity index is 1170. The number of aromatic nitrogens is 2. The van der Waals surface area contributed by atoms with Crippen molar-refractivity contribution in [3.8, 4) is 33.8 Å². The molecule has 5 rings (SSSR count). The lowest BCUT2D eigenvalue weighted by Crippen LogP contribution is -2.16. The zero-order valence-electron chi connectivity index (χ0n) is 21.3. The van der Waals surface area contributed by atoms with Crippen LogP contribution in [0.25, 0.3) is 22.3 Å². The Labute approximate surface area is 208 Å². The lowest BCUT2D eigenvalue weighted by atomic mass is 9.90. The quantitative estimate of drug-likeness (QED) is 0.365. The van der Waals surface area contributed by atoms with Crippen molar-refractivity contribution in [1.29, 1.82) is 0 Å². The summed E-state index contributed by atoms with van der Waals surface area (Å²) in [6.45, 7) is 5.23. The van der Waals surface area contributed by atoms with Crippen LogP contribution in [0.3, 0.4) is 0 Å². The fraction of sp³-hybridized carbons (Fsp3) is 0.448. The molecule has 0 radical (unpaired) electrons. The van der Waals surface area contributed by atoms with Gasteiger partial charge in [0.25, 0.3) is 0 Å². The maximum atomic E-state index is 5.98. The highest BCUT2D eigenvalue weighted by atomic mass is 16.5.